The van der Waals surface area contributed by atoms with Crippen molar-refractivity contribution in [3.63, 3.8) is 0 Å². The minimum atomic E-state index is -0.700. The highest BCUT2D eigenvalue weighted by atomic mass is 35.5. The summed E-state index contributed by atoms with van der Waals surface area (Å²) in [5.74, 6) is 0.813. The van der Waals surface area contributed by atoms with Crippen LogP contribution in [0.4, 0.5) is 4.39 Å². The molecule has 1 saturated heterocycles. The van der Waals surface area contributed by atoms with Crippen molar-refractivity contribution in [1.29, 1.82) is 0 Å². The van der Waals surface area contributed by atoms with Crippen molar-refractivity contribution in [2.45, 2.75) is 56.7 Å². The number of halogens is 2. The van der Waals surface area contributed by atoms with Crippen LogP contribution in [-0.4, -0.2) is 72.0 Å². The molecule has 4 atom stereocenters. The summed E-state index contributed by atoms with van der Waals surface area (Å²) < 4.78 is 29.9. The van der Waals surface area contributed by atoms with Crippen LogP contribution in [0.5, 0.6) is 0 Å². The zero-order valence-corrected chi connectivity index (χ0v) is 19.6. The molecule has 2 N–H and O–H groups in total. The summed E-state index contributed by atoms with van der Waals surface area (Å²) in [6.45, 7) is 5.24. The number of thiol groups is 1. The molecule has 3 aliphatic heterocycles. The Bertz CT molecular complexity index is 1150. The van der Waals surface area contributed by atoms with Gasteiger partial charge in [0, 0.05) is 24.7 Å². The number of aliphatic hydroxyl groups excluding tert-OH is 1. The van der Waals surface area contributed by atoms with Gasteiger partial charge in [-0.05, 0) is 44.7 Å². The topological polar surface area (TPSA) is 95.1 Å². The van der Waals surface area contributed by atoms with E-state index in [2.05, 4.69) is 31.8 Å². The number of hydrogen-bond acceptors (Lipinski definition) is 6. The Labute approximate surface area is 194 Å². The van der Waals surface area contributed by atoms with Gasteiger partial charge in [0.25, 0.3) is 0 Å². The van der Waals surface area contributed by atoms with Gasteiger partial charge in [-0.1, -0.05) is 0 Å². The number of benzene rings is 1. The van der Waals surface area contributed by atoms with Gasteiger partial charge in [-0.25, -0.2) is 27.9 Å². The first-order valence-corrected chi connectivity index (χ1v) is 12.1. The van der Waals surface area contributed by atoms with Crippen LogP contribution in [0.3, 0.4) is 0 Å². The van der Waals surface area contributed by atoms with Gasteiger partial charge in [0.1, 0.15) is 11.3 Å². The number of rotatable bonds is 3. The summed E-state index contributed by atoms with van der Waals surface area (Å²) in [4.78, 5) is 13.6. The fourth-order valence-corrected chi connectivity index (χ4v) is 5.68. The van der Waals surface area contributed by atoms with E-state index in [9.17, 15) is 9.32 Å². The Morgan fingerprint density at radius 2 is 2.19 bits per heavy atom. The second-order valence-corrected chi connectivity index (χ2v) is 9.98. The number of β-amino-alcohol motifs (C(OH)–C–C–N with tert-alkyl or cyclic N) is 1. The normalized spacial score (nSPS) is 28.5. The standard InChI is InChI=1S/C21H26ClFN6O2S/c1-10-3-4-12-13(7-15(23)19-20(12)29(10)11(2)25-19)18-14(22)8-24-21(27-18)26-16-5-6-28(32-31)9-17(16)30/h7,10,14,16-17,30,32H,3-6,8-9H2,1-2H3,(H,24,26)/t10-,14?,16+,17+/m0/s1. The molecular formula is C21H26ClFN6O2S. The van der Waals surface area contributed by atoms with Crippen LogP contribution in [0.25, 0.3) is 11.0 Å². The number of imidazole rings is 1. The number of nitrogens with one attached hydrogen (secondary N) is 1. The van der Waals surface area contributed by atoms with Crippen LogP contribution in [0.15, 0.2) is 16.1 Å². The monoisotopic (exact) mass is 480 g/mol. The lowest BCUT2D eigenvalue weighted by Crippen LogP contribution is -2.53. The minimum Gasteiger partial charge on any atom is -0.390 e. The molecular weight excluding hydrogens is 455 g/mol. The molecule has 1 fully saturated rings. The highest BCUT2D eigenvalue weighted by Crippen LogP contribution is 2.36. The summed E-state index contributed by atoms with van der Waals surface area (Å²) in [5, 5.41) is 13.1. The van der Waals surface area contributed by atoms with Crippen molar-refractivity contribution in [3.05, 3.63) is 28.8 Å². The molecule has 172 valence electrons. The lowest BCUT2D eigenvalue weighted by atomic mass is 9.91. The summed E-state index contributed by atoms with van der Waals surface area (Å²) in [7, 11) is 0. The number of aryl methyl sites for hydroxylation is 2. The molecule has 1 aromatic carbocycles. The number of aliphatic hydroxyl groups is 1. The summed E-state index contributed by atoms with van der Waals surface area (Å²) in [5.41, 5.74) is 3.55. The van der Waals surface area contributed by atoms with E-state index in [-0.39, 0.29) is 29.8 Å². The zero-order chi connectivity index (χ0) is 22.6. The molecule has 1 aromatic heterocycles. The average molecular weight is 481 g/mol. The molecule has 0 spiro atoms. The van der Waals surface area contributed by atoms with Gasteiger partial charge in [0.2, 0.25) is 5.96 Å². The molecule has 4 heterocycles. The Balaban J connectivity index is 1.51. The quantitative estimate of drug-likeness (QED) is 0.460. The first-order valence-electron chi connectivity index (χ1n) is 10.9. The first kappa shape index (κ1) is 21.9. The van der Waals surface area contributed by atoms with Crippen LogP contribution in [0.2, 0.25) is 0 Å². The van der Waals surface area contributed by atoms with Gasteiger partial charge < -0.3 is 15.0 Å². The summed E-state index contributed by atoms with van der Waals surface area (Å²) in [6.07, 6.45) is 1.63. The molecule has 0 bridgehead atoms. The predicted molar refractivity (Wildman–Crippen MR) is 125 cm³/mol. The number of nitrogens with zero attached hydrogens (tertiary/aromatic N) is 5. The maximum absolute atomic E-state index is 15.1. The highest BCUT2D eigenvalue weighted by Gasteiger charge is 2.32. The van der Waals surface area contributed by atoms with E-state index in [1.54, 1.807) is 4.31 Å². The van der Waals surface area contributed by atoms with Gasteiger partial charge in [-0.15, -0.1) is 11.6 Å². The summed E-state index contributed by atoms with van der Waals surface area (Å²) in [6, 6.07) is 1.50. The Morgan fingerprint density at radius 3 is 2.94 bits per heavy atom. The molecule has 8 nitrogen and oxygen atoms in total. The Morgan fingerprint density at radius 1 is 1.38 bits per heavy atom. The van der Waals surface area contributed by atoms with Crippen molar-refractivity contribution in [1.82, 2.24) is 19.2 Å². The second kappa shape index (κ2) is 8.48. The lowest BCUT2D eigenvalue weighted by Gasteiger charge is -2.34. The van der Waals surface area contributed by atoms with E-state index in [0.717, 1.165) is 29.7 Å². The molecule has 5 rings (SSSR count). The van der Waals surface area contributed by atoms with E-state index in [1.165, 1.54) is 6.07 Å². The van der Waals surface area contributed by atoms with Crippen LogP contribution in [-0.2, 0) is 18.3 Å². The van der Waals surface area contributed by atoms with Crippen molar-refractivity contribution in [2.24, 2.45) is 9.98 Å². The molecule has 32 heavy (non-hydrogen) atoms. The van der Waals surface area contributed by atoms with Gasteiger partial charge in [-0.3, -0.25) is 0 Å². The second-order valence-electron chi connectivity index (χ2n) is 8.73. The van der Waals surface area contributed by atoms with Crippen LogP contribution >= 0.6 is 11.6 Å². The van der Waals surface area contributed by atoms with Gasteiger partial charge >= 0.3 is 0 Å². The van der Waals surface area contributed by atoms with Crippen molar-refractivity contribution >= 4 is 46.2 Å². The van der Waals surface area contributed by atoms with E-state index >= 15 is 4.39 Å². The predicted octanol–water partition coefficient (Wildman–Crippen LogP) is 1.64. The number of aliphatic imine (C=N–C) groups is 2. The first-order chi connectivity index (χ1) is 15.4. The number of alkyl halides is 1. The smallest absolute Gasteiger partial charge is 0.218 e. The van der Waals surface area contributed by atoms with Crippen molar-refractivity contribution in [3.8, 4) is 0 Å². The van der Waals surface area contributed by atoms with E-state index in [4.69, 9.17) is 11.6 Å². The lowest BCUT2D eigenvalue weighted by molar-refractivity contribution is 0.0829. The Hall–Kier alpha value is -1.88. The van der Waals surface area contributed by atoms with E-state index in [1.807, 2.05) is 6.92 Å². The number of piperidine rings is 1. The molecule has 0 aliphatic carbocycles. The number of guanidine groups is 1. The molecule has 11 heteroatoms. The maximum Gasteiger partial charge on any atom is 0.218 e. The SMILES string of the molecule is Cc1nc2c(F)cc(C3=NC(N[C@@H]4CCN([SH]=O)C[C@H]4O)=NCC3Cl)c3c2n1[C@@H](C)CC3. The average Bonchev–Trinajstić information content (AvgIpc) is 3.14. The van der Waals surface area contributed by atoms with Crippen LogP contribution < -0.4 is 5.32 Å². The number of hydrogen-bond donors (Lipinski definition) is 3. The Kier molecular flexibility index (Phi) is 5.81. The van der Waals surface area contributed by atoms with Gasteiger partial charge in [0.05, 0.1) is 47.1 Å². The largest absolute Gasteiger partial charge is 0.390 e. The molecule has 1 unspecified atom stereocenters. The highest BCUT2D eigenvalue weighted by molar-refractivity contribution is 7.63. The van der Waals surface area contributed by atoms with Gasteiger partial charge in [0.15, 0.2) is 5.82 Å². The van der Waals surface area contributed by atoms with E-state index in [0.29, 0.717) is 48.8 Å². The van der Waals surface area contributed by atoms with Crippen molar-refractivity contribution in [2.75, 3.05) is 19.6 Å². The molecule has 0 saturated carbocycles. The van der Waals surface area contributed by atoms with E-state index < -0.39 is 11.5 Å². The fraction of sp³-hybridized carbons (Fsp3) is 0.571. The molecule has 2 aromatic rings. The fourth-order valence-electron chi connectivity index (χ4n) is 5.02. The molecule has 3 aliphatic rings. The van der Waals surface area contributed by atoms with Crippen molar-refractivity contribution < 1.29 is 13.7 Å². The number of aromatic nitrogens is 2. The van der Waals surface area contributed by atoms with Crippen LogP contribution in [0, 0.1) is 12.7 Å². The third-order valence-electron chi connectivity index (χ3n) is 6.64. The third-order valence-corrected chi connectivity index (χ3v) is 7.58. The molecule has 0 radical (unpaired) electrons. The van der Waals surface area contributed by atoms with Crippen LogP contribution in [0.1, 0.15) is 42.8 Å². The molecule has 0 amide bonds. The minimum absolute atomic E-state index is 0.0886. The zero-order valence-electron chi connectivity index (χ0n) is 17.9. The maximum atomic E-state index is 15.1. The summed E-state index contributed by atoms with van der Waals surface area (Å²) >= 11 is 6.53. The third kappa shape index (κ3) is 3.67. The van der Waals surface area contributed by atoms with Gasteiger partial charge in [-0.2, -0.15) is 0 Å².